The molecule has 1 aliphatic rings. The first-order valence-electron chi connectivity index (χ1n) is 5.99. The van der Waals surface area contributed by atoms with Crippen LogP contribution in [0.25, 0.3) is 0 Å². The Balaban J connectivity index is 2.12. The van der Waals surface area contributed by atoms with Crippen LogP contribution in [0.1, 0.15) is 0 Å². The zero-order valence-corrected chi connectivity index (χ0v) is 11.8. The van der Waals surface area contributed by atoms with E-state index in [0.29, 0.717) is 18.9 Å². The van der Waals surface area contributed by atoms with Crippen molar-refractivity contribution in [3.05, 3.63) is 24.3 Å². The molecule has 1 atom stereocenters. The minimum Gasteiger partial charge on any atom is -0.376 e. The average Bonchev–Trinajstić information content (AvgIpc) is 2.46. The monoisotopic (exact) mass is 300 g/mol. The number of nitrogens with zero attached hydrogens (tertiary/aromatic N) is 1. The Labute approximate surface area is 117 Å². The molecular formula is C12H16N2O5S. The molecule has 1 saturated heterocycles. The summed E-state index contributed by atoms with van der Waals surface area (Å²) in [7, 11) is -2.14. The number of amides is 1. The first-order valence-corrected chi connectivity index (χ1v) is 7.54. The molecule has 8 heteroatoms. The van der Waals surface area contributed by atoms with Gasteiger partial charge in [0.2, 0.25) is 10.0 Å². The van der Waals surface area contributed by atoms with Gasteiger partial charge in [0.1, 0.15) is 0 Å². The van der Waals surface area contributed by atoms with E-state index in [1.807, 2.05) is 0 Å². The summed E-state index contributed by atoms with van der Waals surface area (Å²) in [6, 6.07) is 5.74. The van der Waals surface area contributed by atoms with Crippen molar-refractivity contribution >= 4 is 21.6 Å². The predicted molar refractivity (Wildman–Crippen MR) is 71.8 cm³/mol. The third-order valence-electron chi connectivity index (χ3n) is 2.97. The zero-order chi connectivity index (χ0) is 14.8. The summed E-state index contributed by atoms with van der Waals surface area (Å²) in [5, 5.41) is 5.01. The number of primary sulfonamides is 1. The van der Waals surface area contributed by atoms with Gasteiger partial charge in [-0.3, -0.25) is 4.79 Å². The molecule has 0 saturated carbocycles. The number of benzene rings is 1. The fourth-order valence-corrected chi connectivity index (χ4v) is 2.35. The Morgan fingerprint density at radius 1 is 1.30 bits per heavy atom. The molecule has 1 amide bonds. The Hall–Kier alpha value is -1.48. The number of anilines is 1. The van der Waals surface area contributed by atoms with Gasteiger partial charge in [0, 0.05) is 12.7 Å². The van der Waals surface area contributed by atoms with Crippen molar-refractivity contribution in [1.29, 1.82) is 0 Å². The maximum atomic E-state index is 12.2. The molecule has 1 aromatic rings. The SMILES string of the molecule is CN(C(=O)C1COCCO1)c1ccc(S(N)(=O)=O)cc1. The van der Waals surface area contributed by atoms with E-state index >= 15 is 0 Å². The standard InChI is InChI=1S/C12H16N2O5S/c1-14(12(15)11-8-18-6-7-19-11)9-2-4-10(5-3-9)20(13,16)17/h2-5,11H,6-8H2,1H3,(H2,13,16,17). The summed E-state index contributed by atoms with van der Waals surface area (Å²) in [6.45, 7) is 1.09. The molecule has 0 radical (unpaired) electrons. The van der Waals surface area contributed by atoms with Crippen LogP contribution in [-0.4, -0.2) is 47.3 Å². The topological polar surface area (TPSA) is 98.9 Å². The van der Waals surface area contributed by atoms with Crippen LogP contribution in [0.2, 0.25) is 0 Å². The Morgan fingerprint density at radius 3 is 2.45 bits per heavy atom. The number of rotatable bonds is 3. The van der Waals surface area contributed by atoms with E-state index < -0.39 is 16.1 Å². The van der Waals surface area contributed by atoms with E-state index in [9.17, 15) is 13.2 Å². The number of hydrogen-bond acceptors (Lipinski definition) is 5. The largest absolute Gasteiger partial charge is 0.376 e. The lowest BCUT2D eigenvalue weighted by atomic mass is 10.2. The van der Waals surface area contributed by atoms with Crippen molar-refractivity contribution in [1.82, 2.24) is 0 Å². The number of carbonyl (C=O) groups is 1. The highest BCUT2D eigenvalue weighted by molar-refractivity contribution is 7.89. The molecule has 1 aliphatic heterocycles. The molecule has 1 fully saturated rings. The number of carbonyl (C=O) groups excluding carboxylic acids is 1. The van der Waals surface area contributed by atoms with Crippen LogP contribution < -0.4 is 10.0 Å². The summed E-state index contributed by atoms with van der Waals surface area (Å²) in [4.78, 5) is 13.6. The van der Waals surface area contributed by atoms with E-state index in [1.165, 1.54) is 29.2 Å². The molecule has 1 unspecified atom stereocenters. The summed E-state index contributed by atoms with van der Waals surface area (Å²) >= 11 is 0. The molecule has 110 valence electrons. The quantitative estimate of drug-likeness (QED) is 0.827. The highest BCUT2D eigenvalue weighted by Crippen LogP contribution is 2.18. The molecule has 7 nitrogen and oxygen atoms in total. The zero-order valence-electron chi connectivity index (χ0n) is 11.0. The highest BCUT2D eigenvalue weighted by Gasteiger charge is 2.26. The van der Waals surface area contributed by atoms with E-state index in [4.69, 9.17) is 14.6 Å². The third kappa shape index (κ3) is 3.34. The highest BCUT2D eigenvalue weighted by atomic mass is 32.2. The minimum atomic E-state index is -3.73. The normalized spacial score (nSPS) is 19.6. The van der Waals surface area contributed by atoms with Gasteiger partial charge >= 0.3 is 0 Å². The van der Waals surface area contributed by atoms with Crippen molar-refractivity contribution in [2.24, 2.45) is 5.14 Å². The first-order chi connectivity index (χ1) is 9.39. The number of nitrogens with two attached hydrogens (primary N) is 1. The van der Waals surface area contributed by atoms with Gasteiger partial charge < -0.3 is 14.4 Å². The summed E-state index contributed by atoms with van der Waals surface area (Å²) in [6.07, 6.45) is -0.633. The van der Waals surface area contributed by atoms with Gasteiger partial charge in [-0.05, 0) is 24.3 Å². The fraction of sp³-hybridized carbons (Fsp3) is 0.417. The van der Waals surface area contributed by atoms with Crippen molar-refractivity contribution in [3.8, 4) is 0 Å². The van der Waals surface area contributed by atoms with Gasteiger partial charge in [0.05, 0.1) is 24.7 Å². The second-order valence-electron chi connectivity index (χ2n) is 4.37. The van der Waals surface area contributed by atoms with E-state index in [-0.39, 0.29) is 17.4 Å². The van der Waals surface area contributed by atoms with Crippen LogP contribution in [0.3, 0.4) is 0 Å². The van der Waals surface area contributed by atoms with Gasteiger partial charge in [0.25, 0.3) is 5.91 Å². The lowest BCUT2D eigenvalue weighted by Gasteiger charge is -2.26. The molecule has 0 aliphatic carbocycles. The molecule has 1 heterocycles. The number of ether oxygens (including phenoxy) is 2. The molecular weight excluding hydrogens is 284 g/mol. The number of hydrogen-bond donors (Lipinski definition) is 1. The molecule has 0 aromatic heterocycles. The lowest BCUT2D eigenvalue weighted by molar-refractivity contribution is -0.144. The smallest absolute Gasteiger partial charge is 0.258 e. The third-order valence-corrected chi connectivity index (χ3v) is 3.90. The molecule has 1 aromatic carbocycles. The minimum absolute atomic E-state index is 0.000603. The van der Waals surface area contributed by atoms with Crippen LogP contribution in [0.15, 0.2) is 29.2 Å². The van der Waals surface area contributed by atoms with E-state index in [0.717, 1.165) is 0 Å². The predicted octanol–water partition coefficient (Wildman–Crippen LogP) is -0.288. The number of sulfonamides is 1. The Kier molecular flexibility index (Phi) is 4.39. The van der Waals surface area contributed by atoms with E-state index in [1.54, 1.807) is 7.05 Å². The second-order valence-corrected chi connectivity index (χ2v) is 5.93. The van der Waals surface area contributed by atoms with Gasteiger partial charge in [-0.2, -0.15) is 0 Å². The van der Waals surface area contributed by atoms with Crippen LogP contribution in [-0.2, 0) is 24.3 Å². The summed E-state index contributed by atoms with van der Waals surface area (Å²) < 4.78 is 32.8. The van der Waals surface area contributed by atoms with Crippen molar-refractivity contribution in [2.75, 3.05) is 31.8 Å². The van der Waals surface area contributed by atoms with Crippen LogP contribution in [0.5, 0.6) is 0 Å². The Bertz CT molecular complexity index is 578. The van der Waals surface area contributed by atoms with Gasteiger partial charge in [-0.1, -0.05) is 0 Å². The van der Waals surface area contributed by atoms with E-state index in [2.05, 4.69) is 0 Å². The molecule has 2 N–H and O–H groups in total. The van der Waals surface area contributed by atoms with Crippen molar-refractivity contribution < 1.29 is 22.7 Å². The Morgan fingerprint density at radius 2 is 1.95 bits per heavy atom. The summed E-state index contributed by atoms with van der Waals surface area (Å²) in [5.41, 5.74) is 0.552. The van der Waals surface area contributed by atoms with Gasteiger partial charge in [-0.15, -0.1) is 0 Å². The lowest BCUT2D eigenvalue weighted by Crippen LogP contribution is -2.43. The van der Waals surface area contributed by atoms with Crippen molar-refractivity contribution in [2.45, 2.75) is 11.0 Å². The van der Waals surface area contributed by atoms with Crippen LogP contribution in [0, 0.1) is 0 Å². The second kappa shape index (κ2) is 5.88. The van der Waals surface area contributed by atoms with Crippen LogP contribution in [0.4, 0.5) is 5.69 Å². The van der Waals surface area contributed by atoms with Crippen LogP contribution >= 0.6 is 0 Å². The van der Waals surface area contributed by atoms with Gasteiger partial charge in [-0.25, -0.2) is 13.6 Å². The average molecular weight is 300 g/mol. The maximum absolute atomic E-state index is 12.2. The molecule has 0 bridgehead atoms. The maximum Gasteiger partial charge on any atom is 0.258 e. The first kappa shape index (κ1) is 14.9. The molecule has 0 spiro atoms. The molecule has 20 heavy (non-hydrogen) atoms. The van der Waals surface area contributed by atoms with Crippen molar-refractivity contribution in [3.63, 3.8) is 0 Å². The summed E-state index contributed by atoms with van der Waals surface area (Å²) in [5.74, 6) is -0.243. The van der Waals surface area contributed by atoms with Gasteiger partial charge in [0.15, 0.2) is 6.10 Å². The fourth-order valence-electron chi connectivity index (χ4n) is 1.83. The molecule has 2 rings (SSSR count). The number of likely N-dealkylation sites (N-methyl/N-ethyl adjacent to an activating group) is 1.